The zero-order valence-electron chi connectivity index (χ0n) is 18.5. The lowest BCUT2D eigenvalue weighted by Crippen LogP contribution is -2.35. The average molecular weight is 476 g/mol. The normalized spacial score (nSPS) is 15.4. The van der Waals surface area contributed by atoms with Crippen LogP contribution in [0.25, 0.3) is 0 Å². The fourth-order valence-corrected chi connectivity index (χ4v) is 5.67. The van der Waals surface area contributed by atoms with Gasteiger partial charge in [-0.15, -0.1) is 0 Å². The van der Waals surface area contributed by atoms with Crippen LogP contribution >= 0.6 is 0 Å². The van der Waals surface area contributed by atoms with Gasteiger partial charge in [0.15, 0.2) is 0 Å². The molecule has 34 heavy (non-hydrogen) atoms. The number of rotatable bonds is 6. The molecule has 7 nitrogen and oxygen atoms in total. The van der Waals surface area contributed by atoms with Crippen molar-refractivity contribution in [3.8, 4) is 0 Å². The number of nitrogens with one attached hydrogen (secondary N) is 2. The van der Waals surface area contributed by atoms with Gasteiger partial charge in [0.25, 0.3) is 21.8 Å². The fraction of sp³-hybridized carbons (Fsp3) is 0.231. The van der Waals surface area contributed by atoms with Crippen molar-refractivity contribution in [2.75, 3.05) is 16.2 Å². The molecule has 2 N–H and O–H groups in total. The summed E-state index contributed by atoms with van der Waals surface area (Å²) in [5.41, 5.74) is 2.97. The van der Waals surface area contributed by atoms with Gasteiger partial charge in [-0.1, -0.05) is 24.3 Å². The Morgan fingerprint density at radius 1 is 0.853 bits per heavy atom. The predicted molar refractivity (Wildman–Crippen MR) is 131 cm³/mol. The Balaban J connectivity index is 1.33. The number of carbonyl (C=O) groups excluding carboxylic acids is 2. The summed E-state index contributed by atoms with van der Waals surface area (Å²) in [5.74, 6) is -0.552. The van der Waals surface area contributed by atoms with Crippen molar-refractivity contribution in [1.29, 1.82) is 0 Å². The highest BCUT2D eigenvalue weighted by molar-refractivity contribution is 7.92. The third-order valence-electron chi connectivity index (χ3n) is 6.07. The van der Waals surface area contributed by atoms with Gasteiger partial charge >= 0.3 is 0 Å². The Hall–Kier alpha value is -3.65. The quantitative estimate of drug-likeness (QED) is 0.564. The minimum Gasteiger partial charge on any atom is -0.349 e. The summed E-state index contributed by atoms with van der Waals surface area (Å²) in [6.45, 7) is 0.399. The van der Waals surface area contributed by atoms with Crippen molar-refractivity contribution in [3.05, 3.63) is 89.5 Å². The van der Waals surface area contributed by atoms with Gasteiger partial charge in [0, 0.05) is 29.4 Å². The second-order valence-corrected chi connectivity index (χ2v) is 10.5. The van der Waals surface area contributed by atoms with Crippen LogP contribution in [0.3, 0.4) is 0 Å². The maximum atomic E-state index is 13.4. The predicted octanol–water partition coefficient (Wildman–Crippen LogP) is 3.97. The van der Waals surface area contributed by atoms with Crippen molar-refractivity contribution in [2.24, 2.45) is 0 Å². The minimum atomic E-state index is -3.82. The van der Waals surface area contributed by atoms with Crippen molar-refractivity contribution < 1.29 is 18.0 Å². The van der Waals surface area contributed by atoms with E-state index in [2.05, 4.69) is 10.6 Å². The molecule has 0 saturated heterocycles. The standard InChI is InChI=1S/C26H25N3O4S/c30-25(27-22-14-15-22)19-10-12-21(13-11-19)28-26(31)20-6-3-8-23(17-20)34(32,33)29-16-4-7-18-5-1-2-9-24(18)29/h1-3,5-6,8-13,17,22H,4,7,14-16H2,(H,27,30)(H,28,31). The molecule has 3 aromatic carbocycles. The Bertz CT molecular complexity index is 1350. The van der Waals surface area contributed by atoms with Crippen LogP contribution in [0.15, 0.2) is 77.7 Å². The van der Waals surface area contributed by atoms with Crippen LogP contribution in [0.4, 0.5) is 11.4 Å². The summed E-state index contributed by atoms with van der Waals surface area (Å²) >= 11 is 0. The second-order valence-electron chi connectivity index (χ2n) is 8.62. The smallest absolute Gasteiger partial charge is 0.264 e. The molecule has 0 radical (unpaired) electrons. The van der Waals surface area contributed by atoms with E-state index in [-0.39, 0.29) is 22.4 Å². The van der Waals surface area contributed by atoms with Gasteiger partial charge in [0.1, 0.15) is 0 Å². The first-order valence-electron chi connectivity index (χ1n) is 11.3. The van der Waals surface area contributed by atoms with Crippen molar-refractivity contribution in [2.45, 2.75) is 36.6 Å². The summed E-state index contributed by atoms with van der Waals surface area (Å²) in [7, 11) is -3.82. The van der Waals surface area contributed by atoms with E-state index >= 15 is 0 Å². The molecule has 0 spiro atoms. The van der Waals surface area contributed by atoms with E-state index in [9.17, 15) is 18.0 Å². The average Bonchev–Trinajstić information content (AvgIpc) is 3.68. The Morgan fingerprint density at radius 2 is 1.62 bits per heavy atom. The monoisotopic (exact) mass is 475 g/mol. The number of nitrogens with zero attached hydrogens (tertiary/aromatic N) is 1. The van der Waals surface area contributed by atoms with Gasteiger partial charge in [-0.25, -0.2) is 8.42 Å². The van der Waals surface area contributed by atoms with Crippen LogP contribution < -0.4 is 14.9 Å². The van der Waals surface area contributed by atoms with E-state index in [1.807, 2.05) is 24.3 Å². The first-order chi connectivity index (χ1) is 16.4. The molecule has 1 saturated carbocycles. The Labute approximate surface area is 198 Å². The van der Waals surface area contributed by atoms with E-state index in [1.54, 1.807) is 36.4 Å². The molecule has 0 aromatic heterocycles. The van der Waals surface area contributed by atoms with Gasteiger partial charge in [-0.05, 0) is 79.8 Å². The number of hydrogen-bond acceptors (Lipinski definition) is 4. The van der Waals surface area contributed by atoms with Gasteiger partial charge in [-0.3, -0.25) is 13.9 Å². The van der Waals surface area contributed by atoms with Crippen LogP contribution in [0, 0.1) is 0 Å². The summed E-state index contributed by atoms with van der Waals surface area (Å²) in [6, 6.07) is 20.5. The molecular weight excluding hydrogens is 450 g/mol. The topological polar surface area (TPSA) is 95.6 Å². The third-order valence-corrected chi connectivity index (χ3v) is 7.88. The lowest BCUT2D eigenvalue weighted by Gasteiger charge is -2.30. The highest BCUT2D eigenvalue weighted by atomic mass is 32.2. The zero-order valence-corrected chi connectivity index (χ0v) is 19.3. The molecule has 1 aliphatic heterocycles. The number of benzene rings is 3. The van der Waals surface area contributed by atoms with Crippen molar-refractivity contribution in [3.63, 3.8) is 0 Å². The van der Waals surface area contributed by atoms with Crippen molar-refractivity contribution >= 4 is 33.2 Å². The first-order valence-corrected chi connectivity index (χ1v) is 12.8. The number of sulfonamides is 1. The summed E-state index contributed by atoms with van der Waals surface area (Å²) in [6.07, 6.45) is 3.61. The summed E-state index contributed by atoms with van der Waals surface area (Å²) in [5, 5.41) is 5.69. The molecular formula is C26H25N3O4S. The van der Waals surface area contributed by atoms with E-state index in [1.165, 1.54) is 16.4 Å². The van der Waals surface area contributed by atoms with E-state index in [0.29, 0.717) is 23.5 Å². The van der Waals surface area contributed by atoms with Gasteiger partial charge < -0.3 is 10.6 Å². The molecule has 2 aliphatic rings. The molecule has 0 bridgehead atoms. The fourth-order valence-electron chi connectivity index (χ4n) is 4.08. The molecule has 2 amide bonds. The molecule has 8 heteroatoms. The number of carbonyl (C=O) groups is 2. The number of para-hydroxylation sites is 1. The maximum Gasteiger partial charge on any atom is 0.264 e. The van der Waals surface area contributed by atoms with E-state index in [0.717, 1.165) is 31.2 Å². The van der Waals surface area contributed by atoms with Gasteiger partial charge in [0.05, 0.1) is 10.6 Å². The summed E-state index contributed by atoms with van der Waals surface area (Å²) < 4.78 is 28.3. The number of amides is 2. The number of hydrogen-bond donors (Lipinski definition) is 2. The molecule has 0 unspecified atom stereocenters. The Kier molecular flexibility index (Phi) is 5.83. The molecule has 0 atom stereocenters. The molecule has 1 aliphatic carbocycles. The lowest BCUT2D eigenvalue weighted by molar-refractivity contribution is 0.0950. The van der Waals surface area contributed by atoms with E-state index < -0.39 is 15.9 Å². The molecule has 1 fully saturated rings. The molecule has 1 heterocycles. The van der Waals surface area contributed by atoms with Gasteiger partial charge in [0.2, 0.25) is 0 Å². The van der Waals surface area contributed by atoms with Crippen molar-refractivity contribution in [1.82, 2.24) is 5.32 Å². The van der Waals surface area contributed by atoms with Crippen LogP contribution in [0.5, 0.6) is 0 Å². The van der Waals surface area contributed by atoms with Crippen LogP contribution in [0.2, 0.25) is 0 Å². The third kappa shape index (κ3) is 4.54. The molecule has 5 rings (SSSR count). The second kappa shape index (κ2) is 8.95. The maximum absolute atomic E-state index is 13.4. The number of anilines is 2. The summed E-state index contributed by atoms with van der Waals surface area (Å²) in [4.78, 5) is 25.0. The molecule has 3 aromatic rings. The minimum absolute atomic E-state index is 0.0731. The lowest BCUT2D eigenvalue weighted by atomic mass is 10.0. The van der Waals surface area contributed by atoms with Gasteiger partial charge in [-0.2, -0.15) is 0 Å². The van der Waals surface area contributed by atoms with Crippen LogP contribution in [-0.2, 0) is 16.4 Å². The SMILES string of the molecule is O=C(Nc1ccc(C(=O)NC2CC2)cc1)c1cccc(S(=O)(=O)N2CCCc3ccccc32)c1. The zero-order chi connectivity index (χ0) is 23.7. The Morgan fingerprint density at radius 3 is 2.38 bits per heavy atom. The number of fused-ring (bicyclic) bond motifs is 1. The van der Waals surface area contributed by atoms with Crippen LogP contribution in [0.1, 0.15) is 45.5 Å². The van der Waals surface area contributed by atoms with Crippen LogP contribution in [-0.4, -0.2) is 32.8 Å². The van der Waals surface area contributed by atoms with E-state index in [4.69, 9.17) is 0 Å². The number of aryl methyl sites for hydroxylation is 1. The highest BCUT2D eigenvalue weighted by Crippen LogP contribution is 2.32. The highest BCUT2D eigenvalue weighted by Gasteiger charge is 2.29. The first kappa shape index (κ1) is 22.2. The molecule has 174 valence electrons. The largest absolute Gasteiger partial charge is 0.349 e.